The summed E-state index contributed by atoms with van der Waals surface area (Å²) in [6, 6.07) is 10.5. The van der Waals surface area contributed by atoms with E-state index in [1.165, 1.54) is 12.1 Å². The van der Waals surface area contributed by atoms with Crippen molar-refractivity contribution < 1.29 is 9.13 Å². The fourth-order valence-electron chi connectivity index (χ4n) is 2.34. The Morgan fingerprint density at radius 1 is 1.29 bits per heavy atom. The summed E-state index contributed by atoms with van der Waals surface area (Å²) in [5.41, 5.74) is 5.73. The SMILES string of the molecule is COc1cc(Br)ccc1C(Cc1ccc(F)cc1C)NN. The van der Waals surface area contributed by atoms with Crippen LogP contribution in [-0.2, 0) is 6.42 Å². The van der Waals surface area contributed by atoms with Gasteiger partial charge in [0.05, 0.1) is 13.2 Å². The quantitative estimate of drug-likeness (QED) is 0.637. The molecule has 2 rings (SSSR count). The lowest BCUT2D eigenvalue weighted by molar-refractivity contribution is 0.398. The minimum atomic E-state index is -0.227. The summed E-state index contributed by atoms with van der Waals surface area (Å²) in [7, 11) is 1.63. The van der Waals surface area contributed by atoms with Crippen LogP contribution in [0.4, 0.5) is 4.39 Å². The van der Waals surface area contributed by atoms with Gasteiger partial charge in [0, 0.05) is 10.0 Å². The molecule has 0 aromatic heterocycles. The Bertz CT molecular complexity index is 634. The number of hydrazine groups is 1. The van der Waals surface area contributed by atoms with Gasteiger partial charge in [-0.05, 0) is 48.7 Å². The number of benzene rings is 2. The molecule has 2 aromatic carbocycles. The summed E-state index contributed by atoms with van der Waals surface area (Å²) in [4.78, 5) is 0. The summed E-state index contributed by atoms with van der Waals surface area (Å²) in [6.45, 7) is 1.89. The van der Waals surface area contributed by atoms with Crippen molar-refractivity contribution in [3.8, 4) is 5.75 Å². The minimum Gasteiger partial charge on any atom is -0.496 e. The molecule has 3 nitrogen and oxygen atoms in total. The van der Waals surface area contributed by atoms with Crippen molar-refractivity contribution in [2.75, 3.05) is 7.11 Å². The van der Waals surface area contributed by atoms with Crippen LogP contribution in [-0.4, -0.2) is 7.11 Å². The first-order valence-electron chi connectivity index (χ1n) is 6.59. The molecule has 0 heterocycles. The van der Waals surface area contributed by atoms with Crippen LogP contribution < -0.4 is 16.0 Å². The second-order valence-electron chi connectivity index (χ2n) is 4.88. The Labute approximate surface area is 132 Å². The van der Waals surface area contributed by atoms with Crippen LogP contribution >= 0.6 is 15.9 Å². The van der Waals surface area contributed by atoms with Crippen LogP contribution in [0.3, 0.4) is 0 Å². The number of hydrogen-bond acceptors (Lipinski definition) is 3. The highest BCUT2D eigenvalue weighted by molar-refractivity contribution is 9.10. The van der Waals surface area contributed by atoms with Gasteiger partial charge in [-0.25, -0.2) is 4.39 Å². The lowest BCUT2D eigenvalue weighted by Crippen LogP contribution is -2.30. The lowest BCUT2D eigenvalue weighted by Gasteiger charge is -2.20. The molecule has 0 bridgehead atoms. The molecular weight excluding hydrogens is 335 g/mol. The van der Waals surface area contributed by atoms with Gasteiger partial charge in [-0.2, -0.15) is 0 Å². The zero-order valence-electron chi connectivity index (χ0n) is 12.0. The minimum absolute atomic E-state index is 0.114. The molecule has 0 saturated carbocycles. The molecule has 3 N–H and O–H groups in total. The molecule has 112 valence electrons. The van der Waals surface area contributed by atoms with Crippen LogP contribution in [0.25, 0.3) is 0 Å². The number of methoxy groups -OCH3 is 1. The highest BCUT2D eigenvalue weighted by Gasteiger charge is 2.17. The Morgan fingerprint density at radius 2 is 2.05 bits per heavy atom. The molecule has 0 aliphatic heterocycles. The average Bonchev–Trinajstić information content (AvgIpc) is 2.47. The van der Waals surface area contributed by atoms with E-state index in [0.29, 0.717) is 6.42 Å². The standard InChI is InChI=1S/C16H18BrFN2O/c1-10-7-13(18)5-3-11(10)8-15(20-19)14-6-4-12(17)9-16(14)21-2/h3-7,9,15,20H,8,19H2,1-2H3. The fraction of sp³-hybridized carbons (Fsp3) is 0.250. The third-order valence-corrected chi connectivity index (χ3v) is 3.99. The van der Waals surface area contributed by atoms with Gasteiger partial charge in [-0.3, -0.25) is 11.3 Å². The van der Waals surface area contributed by atoms with Gasteiger partial charge in [-0.1, -0.05) is 28.1 Å². The Balaban J connectivity index is 2.32. The van der Waals surface area contributed by atoms with Crippen molar-refractivity contribution in [1.29, 1.82) is 0 Å². The number of rotatable bonds is 5. The summed E-state index contributed by atoms with van der Waals surface area (Å²) < 4.78 is 19.5. The van der Waals surface area contributed by atoms with E-state index in [9.17, 15) is 4.39 Å². The summed E-state index contributed by atoms with van der Waals surface area (Å²) in [6.07, 6.45) is 0.653. The Kier molecular flexibility index (Phi) is 5.33. The summed E-state index contributed by atoms with van der Waals surface area (Å²) in [5.74, 6) is 6.23. The smallest absolute Gasteiger partial charge is 0.124 e. The molecule has 0 spiro atoms. The maximum absolute atomic E-state index is 13.2. The molecule has 0 amide bonds. The van der Waals surface area contributed by atoms with E-state index in [4.69, 9.17) is 10.6 Å². The molecule has 0 aliphatic carbocycles. The second-order valence-corrected chi connectivity index (χ2v) is 5.80. The topological polar surface area (TPSA) is 47.3 Å². The first-order valence-corrected chi connectivity index (χ1v) is 7.39. The van der Waals surface area contributed by atoms with Crippen LogP contribution in [0.5, 0.6) is 5.75 Å². The molecule has 0 fully saturated rings. The Hall–Kier alpha value is -1.43. The molecule has 0 saturated heterocycles. The van der Waals surface area contributed by atoms with Gasteiger partial charge in [-0.15, -0.1) is 0 Å². The monoisotopic (exact) mass is 352 g/mol. The van der Waals surface area contributed by atoms with Gasteiger partial charge in [0.1, 0.15) is 11.6 Å². The van der Waals surface area contributed by atoms with Crippen molar-refractivity contribution in [1.82, 2.24) is 5.43 Å². The van der Waals surface area contributed by atoms with E-state index < -0.39 is 0 Å². The third kappa shape index (κ3) is 3.81. The van der Waals surface area contributed by atoms with Gasteiger partial charge >= 0.3 is 0 Å². The maximum Gasteiger partial charge on any atom is 0.124 e. The van der Waals surface area contributed by atoms with Crippen molar-refractivity contribution in [2.45, 2.75) is 19.4 Å². The van der Waals surface area contributed by atoms with Crippen molar-refractivity contribution in [2.24, 2.45) is 5.84 Å². The lowest BCUT2D eigenvalue weighted by atomic mass is 9.96. The molecule has 1 unspecified atom stereocenters. The zero-order valence-corrected chi connectivity index (χ0v) is 13.6. The highest BCUT2D eigenvalue weighted by Crippen LogP contribution is 2.30. The number of aryl methyl sites for hydroxylation is 1. The maximum atomic E-state index is 13.2. The Morgan fingerprint density at radius 3 is 2.67 bits per heavy atom. The average molecular weight is 353 g/mol. The van der Waals surface area contributed by atoms with E-state index in [-0.39, 0.29) is 11.9 Å². The summed E-state index contributed by atoms with van der Waals surface area (Å²) in [5, 5.41) is 0. The first kappa shape index (κ1) is 15.9. The van der Waals surface area contributed by atoms with Crippen LogP contribution in [0.15, 0.2) is 40.9 Å². The molecule has 0 aliphatic rings. The molecule has 0 radical (unpaired) electrons. The molecule has 1 atom stereocenters. The van der Waals surface area contributed by atoms with E-state index in [2.05, 4.69) is 21.4 Å². The molecular formula is C16H18BrFN2O. The van der Waals surface area contributed by atoms with Crippen LogP contribution in [0, 0.1) is 12.7 Å². The predicted octanol–water partition coefficient (Wildman–Crippen LogP) is 3.65. The van der Waals surface area contributed by atoms with Gasteiger partial charge in [0.15, 0.2) is 0 Å². The van der Waals surface area contributed by atoms with E-state index >= 15 is 0 Å². The van der Waals surface area contributed by atoms with E-state index in [1.54, 1.807) is 13.2 Å². The van der Waals surface area contributed by atoms with E-state index in [0.717, 1.165) is 26.9 Å². The van der Waals surface area contributed by atoms with Crippen LogP contribution in [0.2, 0.25) is 0 Å². The van der Waals surface area contributed by atoms with Gasteiger partial charge < -0.3 is 4.74 Å². The van der Waals surface area contributed by atoms with Crippen LogP contribution in [0.1, 0.15) is 22.7 Å². The number of halogens is 2. The normalized spacial score (nSPS) is 12.2. The highest BCUT2D eigenvalue weighted by atomic mass is 79.9. The number of ether oxygens (including phenoxy) is 1. The van der Waals surface area contributed by atoms with Crippen molar-refractivity contribution in [3.63, 3.8) is 0 Å². The predicted molar refractivity (Wildman–Crippen MR) is 85.6 cm³/mol. The van der Waals surface area contributed by atoms with Crippen molar-refractivity contribution in [3.05, 3.63) is 63.4 Å². The zero-order chi connectivity index (χ0) is 15.4. The third-order valence-electron chi connectivity index (χ3n) is 3.50. The molecule has 5 heteroatoms. The van der Waals surface area contributed by atoms with E-state index in [1.807, 2.05) is 25.1 Å². The largest absolute Gasteiger partial charge is 0.496 e. The number of nitrogens with two attached hydrogens (primary N) is 1. The van der Waals surface area contributed by atoms with Gasteiger partial charge in [0.25, 0.3) is 0 Å². The molecule has 2 aromatic rings. The fourth-order valence-corrected chi connectivity index (χ4v) is 2.68. The summed E-state index contributed by atoms with van der Waals surface area (Å²) >= 11 is 3.42. The second kappa shape index (κ2) is 7.02. The van der Waals surface area contributed by atoms with Crippen molar-refractivity contribution >= 4 is 15.9 Å². The van der Waals surface area contributed by atoms with Gasteiger partial charge in [0.2, 0.25) is 0 Å². The number of hydrogen-bond donors (Lipinski definition) is 2. The molecule has 21 heavy (non-hydrogen) atoms. The number of nitrogens with one attached hydrogen (secondary N) is 1. The first-order chi connectivity index (χ1) is 10.0.